The molecule has 2 aromatic rings. The highest BCUT2D eigenvalue weighted by atomic mass is 15.1. The molecule has 3 nitrogen and oxygen atoms in total. The molecule has 1 aromatic heterocycles. The summed E-state index contributed by atoms with van der Waals surface area (Å²) in [6, 6.07) is 10.9. The van der Waals surface area contributed by atoms with Gasteiger partial charge in [-0.05, 0) is 12.1 Å². The summed E-state index contributed by atoms with van der Waals surface area (Å²) in [7, 11) is 0. The van der Waals surface area contributed by atoms with Gasteiger partial charge in [-0.3, -0.25) is 0 Å². The number of likely N-dealkylation sites (N-methyl/N-ethyl adjacent to an activating group) is 1. The van der Waals surface area contributed by atoms with Crippen LogP contribution in [-0.2, 0) is 6.42 Å². The average molecular weight is 243 g/mol. The van der Waals surface area contributed by atoms with E-state index >= 15 is 0 Å². The lowest BCUT2D eigenvalue weighted by Crippen LogP contribution is -2.26. The van der Waals surface area contributed by atoms with Crippen LogP contribution in [0, 0.1) is 0 Å². The molecule has 1 unspecified atom stereocenters. The van der Waals surface area contributed by atoms with Gasteiger partial charge in [-0.2, -0.15) is 0 Å². The van der Waals surface area contributed by atoms with Gasteiger partial charge in [0.2, 0.25) is 0 Å². The second-order valence-electron chi connectivity index (χ2n) is 4.34. The summed E-state index contributed by atoms with van der Waals surface area (Å²) < 4.78 is 2.28. The Morgan fingerprint density at radius 3 is 2.67 bits per heavy atom. The monoisotopic (exact) mass is 243 g/mol. The van der Waals surface area contributed by atoms with E-state index in [0.717, 1.165) is 25.3 Å². The molecular weight excluding hydrogens is 222 g/mol. The van der Waals surface area contributed by atoms with Gasteiger partial charge >= 0.3 is 0 Å². The van der Waals surface area contributed by atoms with Gasteiger partial charge in [-0.25, -0.2) is 4.98 Å². The molecule has 0 aliphatic carbocycles. The molecule has 1 atom stereocenters. The molecule has 18 heavy (non-hydrogen) atoms. The summed E-state index contributed by atoms with van der Waals surface area (Å²) in [5.74, 6) is 1.14. The number of aryl methyl sites for hydroxylation is 1. The zero-order valence-corrected chi connectivity index (χ0v) is 11.1. The van der Waals surface area contributed by atoms with Crippen LogP contribution in [0.4, 0.5) is 0 Å². The molecule has 0 amide bonds. The Hall–Kier alpha value is -1.61. The summed E-state index contributed by atoms with van der Waals surface area (Å²) in [4.78, 5) is 4.42. The summed E-state index contributed by atoms with van der Waals surface area (Å²) >= 11 is 0. The Morgan fingerprint density at radius 1 is 1.22 bits per heavy atom. The number of nitrogens with one attached hydrogen (secondary N) is 1. The third kappa shape index (κ3) is 2.79. The fourth-order valence-corrected chi connectivity index (χ4v) is 2.23. The number of nitrogens with zero attached hydrogens (tertiary/aromatic N) is 2. The predicted molar refractivity (Wildman–Crippen MR) is 74.7 cm³/mol. The van der Waals surface area contributed by atoms with E-state index in [-0.39, 0.29) is 0 Å². The Bertz CT molecular complexity index is 462. The van der Waals surface area contributed by atoms with Crippen LogP contribution < -0.4 is 5.32 Å². The van der Waals surface area contributed by atoms with Crippen LogP contribution >= 0.6 is 0 Å². The second kappa shape index (κ2) is 6.36. The van der Waals surface area contributed by atoms with E-state index in [0.29, 0.717) is 6.04 Å². The maximum Gasteiger partial charge on any atom is 0.108 e. The molecular formula is C15H21N3. The summed E-state index contributed by atoms with van der Waals surface area (Å²) in [6.45, 7) is 6.20. The van der Waals surface area contributed by atoms with E-state index in [1.807, 2.05) is 6.20 Å². The van der Waals surface area contributed by atoms with Crippen LogP contribution in [0.5, 0.6) is 0 Å². The van der Waals surface area contributed by atoms with Crippen molar-refractivity contribution in [1.29, 1.82) is 0 Å². The van der Waals surface area contributed by atoms with Crippen LogP contribution in [0.2, 0.25) is 0 Å². The first-order valence-electron chi connectivity index (χ1n) is 6.64. The molecule has 1 N–H and O–H groups in total. The van der Waals surface area contributed by atoms with E-state index < -0.39 is 0 Å². The van der Waals surface area contributed by atoms with Crippen molar-refractivity contribution in [2.75, 3.05) is 13.1 Å². The molecule has 0 saturated carbocycles. The number of aromatic nitrogens is 2. The zero-order valence-electron chi connectivity index (χ0n) is 11.1. The molecule has 0 saturated heterocycles. The maximum absolute atomic E-state index is 4.42. The quantitative estimate of drug-likeness (QED) is 0.845. The van der Waals surface area contributed by atoms with Gasteiger partial charge in [0.15, 0.2) is 0 Å². The average Bonchev–Trinajstić information content (AvgIpc) is 2.89. The van der Waals surface area contributed by atoms with E-state index in [1.165, 1.54) is 5.56 Å². The van der Waals surface area contributed by atoms with Gasteiger partial charge in [-0.1, -0.05) is 44.2 Å². The van der Waals surface area contributed by atoms with E-state index in [2.05, 4.69) is 65.2 Å². The third-order valence-corrected chi connectivity index (χ3v) is 3.17. The van der Waals surface area contributed by atoms with Crippen molar-refractivity contribution in [2.45, 2.75) is 26.3 Å². The lowest BCUT2D eigenvalue weighted by Gasteiger charge is -2.21. The Kier molecular flexibility index (Phi) is 4.53. The number of hydrogen-bond acceptors (Lipinski definition) is 2. The summed E-state index contributed by atoms with van der Waals surface area (Å²) in [6.07, 6.45) is 4.93. The summed E-state index contributed by atoms with van der Waals surface area (Å²) in [5.41, 5.74) is 1.33. The largest absolute Gasteiger partial charge is 0.326 e. The minimum atomic E-state index is 0.323. The smallest absolute Gasteiger partial charge is 0.108 e. The van der Waals surface area contributed by atoms with Crippen molar-refractivity contribution in [3.8, 4) is 0 Å². The van der Waals surface area contributed by atoms with Crippen molar-refractivity contribution < 1.29 is 0 Å². The number of rotatable bonds is 6. The van der Waals surface area contributed by atoms with Crippen LogP contribution in [-0.4, -0.2) is 22.6 Å². The van der Waals surface area contributed by atoms with Crippen molar-refractivity contribution >= 4 is 0 Å². The molecule has 3 heteroatoms. The van der Waals surface area contributed by atoms with Crippen LogP contribution in [0.1, 0.15) is 31.3 Å². The van der Waals surface area contributed by atoms with E-state index in [9.17, 15) is 0 Å². The van der Waals surface area contributed by atoms with Gasteiger partial charge in [0.1, 0.15) is 5.82 Å². The highest BCUT2D eigenvalue weighted by Gasteiger charge is 2.15. The normalized spacial score (nSPS) is 12.6. The molecule has 1 heterocycles. The lowest BCUT2D eigenvalue weighted by atomic mass is 10.1. The fourth-order valence-electron chi connectivity index (χ4n) is 2.23. The zero-order chi connectivity index (χ0) is 12.8. The second-order valence-corrected chi connectivity index (χ2v) is 4.34. The summed E-state index contributed by atoms with van der Waals surface area (Å²) in [5, 5.41) is 3.44. The number of benzene rings is 1. The molecule has 0 aliphatic rings. The van der Waals surface area contributed by atoms with Gasteiger partial charge in [0.05, 0.1) is 6.04 Å². The van der Waals surface area contributed by atoms with Crippen molar-refractivity contribution in [3.05, 3.63) is 54.1 Å². The molecule has 0 bridgehead atoms. The van der Waals surface area contributed by atoms with Crippen LogP contribution in [0.15, 0.2) is 42.7 Å². The van der Waals surface area contributed by atoms with Crippen LogP contribution in [0.3, 0.4) is 0 Å². The minimum absolute atomic E-state index is 0.323. The van der Waals surface area contributed by atoms with Gasteiger partial charge in [0.25, 0.3) is 0 Å². The molecule has 1 aromatic carbocycles. The minimum Gasteiger partial charge on any atom is -0.326 e. The Balaban J connectivity index is 2.31. The molecule has 2 rings (SSSR count). The molecule has 0 aliphatic heterocycles. The van der Waals surface area contributed by atoms with E-state index in [1.54, 1.807) is 0 Å². The lowest BCUT2D eigenvalue weighted by molar-refractivity contribution is 0.514. The standard InChI is InChI=1S/C15H21N3/c1-3-15-17-10-11-18(15)14(12-16-4-2)13-8-6-5-7-9-13/h5-11,14,16H,3-4,12H2,1-2H3. The van der Waals surface area contributed by atoms with E-state index in [4.69, 9.17) is 0 Å². The first-order valence-corrected chi connectivity index (χ1v) is 6.64. The van der Waals surface area contributed by atoms with Gasteiger partial charge < -0.3 is 9.88 Å². The van der Waals surface area contributed by atoms with Gasteiger partial charge in [0, 0.05) is 25.4 Å². The van der Waals surface area contributed by atoms with Crippen molar-refractivity contribution in [3.63, 3.8) is 0 Å². The molecule has 0 fully saturated rings. The maximum atomic E-state index is 4.42. The Morgan fingerprint density at radius 2 is 2.00 bits per heavy atom. The van der Waals surface area contributed by atoms with Crippen LogP contribution in [0.25, 0.3) is 0 Å². The highest BCUT2D eigenvalue weighted by molar-refractivity contribution is 5.21. The molecule has 96 valence electrons. The number of imidazole rings is 1. The third-order valence-electron chi connectivity index (χ3n) is 3.17. The first-order chi connectivity index (χ1) is 8.86. The SMILES string of the molecule is CCNCC(c1ccccc1)n1ccnc1CC. The first kappa shape index (κ1) is 12.8. The topological polar surface area (TPSA) is 29.9 Å². The van der Waals surface area contributed by atoms with Crippen molar-refractivity contribution in [2.24, 2.45) is 0 Å². The Labute approximate surface area is 109 Å². The highest BCUT2D eigenvalue weighted by Crippen LogP contribution is 2.19. The number of hydrogen-bond donors (Lipinski definition) is 1. The fraction of sp³-hybridized carbons (Fsp3) is 0.400. The molecule has 0 radical (unpaired) electrons. The molecule has 0 spiro atoms. The van der Waals surface area contributed by atoms with Crippen molar-refractivity contribution in [1.82, 2.24) is 14.9 Å². The predicted octanol–water partition coefficient (Wildman–Crippen LogP) is 2.64. The van der Waals surface area contributed by atoms with Gasteiger partial charge in [-0.15, -0.1) is 0 Å².